The number of hydrogen-bond donors (Lipinski definition) is 1. The molecule has 0 radical (unpaired) electrons. The van der Waals surface area contributed by atoms with Gasteiger partial charge in [0.2, 0.25) is 0 Å². The number of aromatic hydroxyl groups is 1. The van der Waals surface area contributed by atoms with Gasteiger partial charge in [-0.2, -0.15) is 0 Å². The Balaban J connectivity index is 2.13. The van der Waals surface area contributed by atoms with Crippen molar-refractivity contribution in [2.24, 2.45) is 0 Å². The maximum Gasteiger partial charge on any atom is 0.259 e. The lowest BCUT2D eigenvalue weighted by atomic mass is 9.95. The number of ether oxygens (including phenoxy) is 1. The van der Waals surface area contributed by atoms with Gasteiger partial charge in [-0.25, -0.2) is 0 Å². The molecule has 6 heteroatoms. The van der Waals surface area contributed by atoms with Crippen LogP contribution in [0.5, 0.6) is 11.5 Å². The highest BCUT2D eigenvalue weighted by molar-refractivity contribution is 5.43. The average molecular weight is 386 g/mol. The third kappa shape index (κ3) is 3.93. The number of piperazine rings is 1. The van der Waals surface area contributed by atoms with E-state index in [1.807, 2.05) is 38.1 Å². The van der Waals surface area contributed by atoms with Gasteiger partial charge in [-0.05, 0) is 44.2 Å². The molecular weight excluding hydrogens is 354 g/mol. The number of hydrogen-bond acceptors (Lipinski definition) is 5. The van der Waals surface area contributed by atoms with Crippen LogP contribution in [0.4, 0.5) is 0 Å². The molecule has 1 aliphatic heterocycles. The predicted octanol–water partition coefficient (Wildman–Crippen LogP) is 2.62. The molecule has 1 aliphatic rings. The summed E-state index contributed by atoms with van der Waals surface area (Å²) in [4.78, 5) is 18.0. The van der Waals surface area contributed by atoms with E-state index < -0.39 is 0 Å². The van der Waals surface area contributed by atoms with E-state index in [1.54, 1.807) is 17.7 Å². The number of likely N-dealkylation sites (N-methyl/N-ethyl adjacent to an activating group) is 1. The Morgan fingerprint density at radius 3 is 2.43 bits per heavy atom. The highest BCUT2D eigenvalue weighted by atomic mass is 16.5. The van der Waals surface area contributed by atoms with Crippen LogP contribution in [-0.2, 0) is 6.54 Å². The van der Waals surface area contributed by atoms with Crippen molar-refractivity contribution >= 4 is 0 Å². The number of rotatable bonds is 6. The first kappa shape index (κ1) is 20.4. The van der Waals surface area contributed by atoms with Crippen LogP contribution in [0.15, 0.2) is 35.1 Å². The smallest absolute Gasteiger partial charge is 0.259 e. The van der Waals surface area contributed by atoms with E-state index in [0.717, 1.165) is 49.7 Å². The van der Waals surface area contributed by atoms with Gasteiger partial charge in [0.1, 0.15) is 11.5 Å². The molecule has 1 fully saturated rings. The lowest BCUT2D eigenvalue weighted by Crippen LogP contribution is -2.48. The van der Waals surface area contributed by atoms with Crippen LogP contribution in [0.3, 0.4) is 0 Å². The van der Waals surface area contributed by atoms with Crippen molar-refractivity contribution in [1.29, 1.82) is 0 Å². The molecule has 152 valence electrons. The number of aromatic nitrogens is 1. The second-order valence-corrected chi connectivity index (χ2v) is 7.28. The molecule has 1 aromatic carbocycles. The molecule has 0 aliphatic carbocycles. The molecule has 1 atom stereocenters. The Morgan fingerprint density at radius 2 is 1.82 bits per heavy atom. The molecule has 1 saturated heterocycles. The second-order valence-electron chi connectivity index (χ2n) is 7.28. The van der Waals surface area contributed by atoms with Gasteiger partial charge in [0, 0.05) is 38.4 Å². The molecule has 2 aromatic rings. The van der Waals surface area contributed by atoms with Gasteiger partial charge in [0.05, 0.1) is 18.7 Å². The maximum absolute atomic E-state index is 13.3. The Morgan fingerprint density at radius 1 is 1.11 bits per heavy atom. The topological polar surface area (TPSA) is 57.9 Å². The van der Waals surface area contributed by atoms with Crippen molar-refractivity contribution in [3.63, 3.8) is 0 Å². The van der Waals surface area contributed by atoms with Crippen molar-refractivity contribution in [3.05, 3.63) is 57.5 Å². The van der Waals surface area contributed by atoms with Crippen molar-refractivity contribution < 1.29 is 9.84 Å². The Bertz CT molecular complexity index is 870. The molecule has 3 rings (SSSR count). The van der Waals surface area contributed by atoms with Gasteiger partial charge >= 0.3 is 0 Å². The van der Waals surface area contributed by atoms with E-state index in [4.69, 9.17) is 4.74 Å². The summed E-state index contributed by atoms with van der Waals surface area (Å²) < 4.78 is 7.14. The molecule has 0 amide bonds. The number of aryl methyl sites for hydroxylation is 1. The van der Waals surface area contributed by atoms with E-state index in [1.165, 1.54) is 0 Å². The van der Waals surface area contributed by atoms with E-state index in [0.29, 0.717) is 12.1 Å². The monoisotopic (exact) mass is 385 g/mol. The van der Waals surface area contributed by atoms with Gasteiger partial charge in [-0.3, -0.25) is 9.69 Å². The Kier molecular flexibility index (Phi) is 6.42. The zero-order valence-corrected chi connectivity index (χ0v) is 17.3. The molecule has 0 spiro atoms. The number of pyridine rings is 1. The van der Waals surface area contributed by atoms with E-state index in [-0.39, 0.29) is 17.4 Å². The zero-order chi connectivity index (χ0) is 20.3. The van der Waals surface area contributed by atoms with Crippen LogP contribution in [0.2, 0.25) is 0 Å². The zero-order valence-electron chi connectivity index (χ0n) is 17.3. The fourth-order valence-corrected chi connectivity index (χ4v) is 4.13. The predicted molar refractivity (Wildman–Crippen MR) is 111 cm³/mol. The van der Waals surface area contributed by atoms with Crippen LogP contribution in [-0.4, -0.2) is 59.3 Å². The fraction of sp³-hybridized carbons (Fsp3) is 0.500. The van der Waals surface area contributed by atoms with Crippen molar-refractivity contribution in [3.8, 4) is 11.5 Å². The first-order chi connectivity index (χ1) is 13.5. The van der Waals surface area contributed by atoms with Gasteiger partial charge < -0.3 is 19.3 Å². The summed E-state index contributed by atoms with van der Waals surface area (Å²) >= 11 is 0. The molecule has 2 heterocycles. The van der Waals surface area contributed by atoms with Gasteiger partial charge in [-0.15, -0.1) is 0 Å². The fourth-order valence-electron chi connectivity index (χ4n) is 4.13. The van der Waals surface area contributed by atoms with Crippen LogP contribution in [0.25, 0.3) is 0 Å². The number of benzene rings is 1. The molecule has 0 bridgehead atoms. The summed E-state index contributed by atoms with van der Waals surface area (Å²) in [5, 5.41) is 10.8. The first-order valence-electron chi connectivity index (χ1n) is 10.0. The van der Waals surface area contributed by atoms with Crippen LogP contribution < -0.4 is 10.3 Å². The van der Waals surface area contributed by atoms with Crippen molar-refractivity contribution in [1.82, 2.24) is 14.4 Å². The largest absolute Gasteiger partial charge is 0.507 e. The summed E-state index contributed by atoms with van der Waals surface area (Å²) in [6.45, 7) is 11.2. The van der Waals surface area contributed by atoms with Gasteiger partial charge in [0.25, 0.3) is 5.56 Å². The van der Waals surface area contributed by atoms with Crippen molar-refractivity contribution in [2.45, 2.75) is 33.4 Å². The minimum atomic E-state index is -0.306. The quantitative estimate of drug-likeness (QED) is 0.828. The van der Waals surface area contributed by atoms with E-state index in [2.05, 4.69) is 16.7 Å². The third-order valence-electron chi connectivity index (χ3n) is 5.74. The molecule has 28 heavy (non-hydrogen) atoms. The summed E-state index contributed by atoms with van der Waals surface area (Å²) in [6, 6.07) is 9.21. The normalized spacial score (nSPS) is 16.9. The van der Waals surface area contributed by atoms with E-state index >= 15 is 0 Å². The van der Waals surface area contributed by atoms with E-state index in [9.17, 15) is 9.90 Å². The number of methoxy groups -OCH3 is 1. The third-order valence-corrected chi connectivity index (χ3v) is 5.74. The lowest BCUT2D eigenvalue weighted by molar-refractivity contribution is 0.111. The molecule has 0 unspecified atom stereocenters. The number of nitrogens with zero attached hydrogens (tertiary/aromatic N) is 3. The van der Waals surface area contributed by atoms with Crippen molar-refractivity contribution in [2.75, 3.05) is 39.8 Å². The minimum absolute atomic E-state index is 0.0675. The highest BCUT2D eigenvalue weighted by Crippen LogP contribution is 2.34. The summed E-state index contributed by atoms with van der Waals surface area (Å²) in [7, 11) is 1.64. The van der Waals surface area contributed by atoms with Crippen LogP contribution in [0.1, 0.15) is 36.7 Å². The molecule has 0 saturated carbocycles. The van der Waals surface area contributed by atoms with Crippen LogP contribution >= 0.6 is 0 Å². The molecule has 1 aromatic heterocycles. The molecule has 6 nitrogen and oxygen atoms in total. The van der Waals surface area contributed by atoms with Crippen LogP contribution in [0, 0.1) is 6.92 Å². The Hall–Kier alpha value is -2.31. The Labute approximate surface area is 167 Å². The maximum atomic E-state index is 13.3. The standard InChI is InChI=1S/C22H31N3O3/c1-5-23-10-12-24(13-11-23)21(17-8-7-9-18(15-17)28-4)20-19(26)14-16(3)25(6-2)22(20)27/h7-9,14-15,21,26H,5-6,10-13H2,1-4H3/t21-/m1/s1. The first-order valence-corrected chi connectivity index (χ1v) is 10.0. The highest BCUT2D eigenvalue weighted by Gasteiger charge is 2.31. The van der Waals surface area contributed by atoms with Gasteiger partial charge in [0.15, 0.2) is 0 Å². The summed E-state index contributed by atoms with van der Waals surface area (Å²) in [5.74, 6) is 0.815. The minimum Gasteiger partial charge on any atom is -0.507 e. The SMILES string of the molecule is CCN1CCN([C@H](c2cccc(OC)c2)c2c(O)cc(C)n(CC)c2=O)CC1. The lowest BCUT2D eigenvalue weighted by Gasteiger charge is -2.39. The average Bonchev–Trinajstić information content (AvgIpc) is 2.71. The molecular formula is C22H31N3O3. The second kappa shape index (κ2) is 8.80. The van der Waals surface area contributed by atoms with Gasteiger partial charge in [-0.1, -0.05) is 19.1 Å². The summed E-state index contributed by atoms with van der Waals surface area (Å²) in [5.41, 5.74) is 2.06. The molecule has 1 N–H and O–H groups in total. The summed E-state index contributed by atoms with van der Waals surface area (Å²) in [6.07, 6.45) is 0.